The second kappa shape index (κ2) is 9.01. The number of carbonyl (C=O) groups excluding carboxylic acids is 3. The van der Waals surface area contributed by atoms with Gasteiger partial charge in [-0.3, -0.25) is 24.3 Å². The van der Waals surface area contributed by atoms with Crippen molar-refractivity contribution in [2.75, 3.05) is 7.11 Å². The van der Waals surface area contributed by atoms with Gasteiger partial charge in [0.05, 0.1) is 30.0 Å². The standard InChI is InChI=1S/C25H23N3O4/c1-16(20-12-7-8-14-26-20)27-23(29)21(15-17-9-3-6-13-22(17)32-2)28-24(30)18-10-4-5-11-19(18)25(28)31/h3-14,16,21H,15H2,1-2H3,(H,27,29)/t16?,21-/m0/s1. The van der Waals surface area contributed by atoms with Crippen LogP contribution in [0, 0.1) is 0 Å². The van der Waals surface area contributed by atoms with Gasteiger partial charge in [0.2, 0.25) is 5.91 Å². The molecule has 0 saturated heterocycles. The van der Waals surface area contributed by atoms with E-state index in [-0.39, 0.29) is 6.42 Å². The Balaban J connectivity index is 1.68. The normalized spacial score (nSPS) is 14.6. The largest absolute Gasteiger partial charge is 0.496 e. The van der Waals surface area contributed by atoms with Crippen LogP contribution in [-0.2, 0) is 11.2 Å². The molecule has 0 spiro atoms. The summed E-state index contributed by atoms with van der Waals surface area (Å²) in [6.45, 7) is 1.81. The van der Waals surface area contributed by atoms with Gasteiger partial charge in [-0.05, 0) is 42.8 Å². The zero-order chi connectivity index (χ0) is 22.7. The zero-order valence-electron chi connectivity index (χ0n) is 17.8. The highest BCUT2D eigenvalue weighted by Gasteiger charge is 2.43. The predicted octanol–water partition coefficient (Wildman–Crippen LogP) is 3.17. The second-order valence-corrected chi connectivity index (χ2v) is 7.54. The third-order valence-electron chi connectivity index (χ3n) is 5.54. The Bertz CT molecular complexity index is 1130. The number of benzene rings is 2. The lowest BCUT2D eigenvalue weighted by atomic mass is 10.0. The van der Waals surface area contributed by atoms with E-state index in [1.807, 2.05) is 37.3 Å². The van der Waals surface area contributed by atoms with Crippen LogP contribution in [0.15, 0.2) is 72.9 Å². The maximum atomic E-state index is 13.4. The maximum absolute atomic E-state index is 13.4. The molecule has 0 radical (unpaired) electrons. The van der Waals surface area contributed by atoms with Crippen molar-refractivity contribution >= 4 is 17.7 Å². The highest BCUT2D eigenvalue weighted by Crippen LogP contribution is 2.28. The number of imide groups is 1. The number of pyridine rings is 1. The molecule has 2 aromatic carbocycles. The molecule has 0 bridgehead atoms. The van der Waals surface area contributed by atoms with Gasteiger partial charge in [0.25, 0.3) is 11.8 Å². The lowest BCUT2D eigenvalue weighted by molar-refractivity contribution is -0.125. The van der Waals surface area contributed by atoms with Crippen LogP contribution >= 0.6 is 0 Å². The highest BCUT2D eigenvalue weighted by atomic mass is 16.5. The van der Waals surface area contributed by atoms with Crippen LogP contribution in [0.3, 0.4) is 0 Å². The summed E-state index contributed by atoms with van der Waals surface area (Å²) in [7, 11) is 1.54. The van der Waals surface area contributed by atoms with Crippen LogP contribution in [-0.4, -0.2) is 40.8 Å². The lowest BCUT2D eigenvalue weighted by Crippen LogP contribution is -2.51. The molecule has 0 saturated carbocycles. The number of amides is 3. The Morgan fingerprint density at radius 1 is 0.969 bits per heavy atom. The molecule has 32 heavy (non-hydrogen) atoms. The van der Waals surface area contributed by atoms with E-state index >= 15 is 0 Å². The highest BCUT2D eigenvalue weighted by molar-refractivity contribution is 6.22. The van der Waals surface area contributed by atoms with Crippen LogP contribution in [0.25, 0.3) is 0 Å². The van der Waals surface area contributed by atoms with Gasteiger partial charge in [-0.2, -0.15) is 0 Å². The molecule has 7 nitrogen and oxygen atoms in total. The first-order valence-corrected chi connectivity index (χ1v) is 10.3. The molecule has 7 heteroatoms. The first-order chi connectivity index (χ1) is 15.5. The number of fused-ring (bicyclic) bond motifs is 1. The summed E-state index contributed by atoms with van der Waals surface area (Å²) in [4.78, 5) is 45.0. The number of ether oxygens (including phenoxy) is 1. The quantitative estimate of drug-likeness (QED) is 0.583. The van der Waals surface area contributed by atoms with Crippen LogP contribution in [0.4, 0.5) is 0 Å². The molecule has 4 rings (SSSR count). The monoisotopic (exact) mass is 429 g/mol. The van der Waals surface area contributed by atoms with Crippen molar-refractivity contribution in [3.63, 3.8) is 0 Å². The molecular formula is C25H23N3O4. The number of carbonyl (C=O) groups is 3. The van der Waals surface area contributed by atoms with Crippen molar-refractivity contribution in [1.29, 1.82) is 0 Å². The number of rotatable bonds is 7. The second-order valence-electron chi connectivity index (χ2n) is 7.54. The lowest BCUT2D eigenvalue weighted by Gasteiger charge is -2.27. The van der Waals surface area contributed by atoms with E-state index in [1.54, 1.807) is 49.7 Å². The minimum atomic E-state index is -1.05. The molecular weight excluding hydrogens is 406 g/mol. The minimum absolute atomic E-state index is 0.121. The third kappa shape index (κ3) is 3.97. The summed E-state index contributed by atoms with van der Waals surface area (Å²) in [5.41, 5.74) is 2.00. The summed E-state index contributed by atoms with van der Waals surface area (Å²) in [6, 6.07) is 17.8. The molecule has 2 heterocycles. The number of aromatic nitrogens is 1. The average Bonchev–Trinajstić information content (AvgIpc) is 3.08. The van der Waals surface area contributed by atoms with Gasteiger partial charge in [-0.15, -0.1) is 0 Å². The third-order valence-corrected chi connectivity index (χ3v) is 5.54. The van der Waals surface area contributed by atoms with E-state index in [0.29, 0.717) is 22.6 Å². The van der Waals surface area contributed by atoms with Gasteiger partial charge in [-0.25, -0.2) is 0 Å². The van der Waals surface area contributed by atoms with Crippen molar-refractivity contribution in [3.05, 3.63) is 95.3 Å². The van der Waals surface area contributed by atoms with E-state index < -0.39 is 29.8 Å². The van der Waals surface area contributed by atoms with Gasteiger partial charge in [0.1, 0.15) is 11.8 Å². The molecule has 1 unspecified atom stereocenters. The number of para-hydroxylation sites is 1. The number of nitrogens with one attached hydrogen (secondary N) is 1. The minimum Gasteiger partial charge on any atom is -0.496 e. The maximum Gasteiger partial charge on any atom is 0.262 e. The number of methoxy groups -OCH3 is 1. The Morgan fingerprint density at radius 2 is 1.59 bits per heavy atom. The van der Waals surface area contributed by atoms with Gasteiger partial charge < -0.3 is 10.1 Å². The van der Waals surface area contributed by atoms with Crippen molar-refractivity contribution in [1.82, 2.24) is 15.2 Å². The summed E-state index contributed by atoms with van der Waals surface area (Å²) in [6.07, 6.45) is 1.77. The molecule has 1 N–H and O–H groups in total. The zero-order valence-corrected chi connectivity index (χ0v) is 17.8. The van der Waals surface area contributed by atoms with Crippen LogP contribution in [0.5, 0.6) is 5.75 Å². The molecule has 0 aliphatic carbocycles. The number of hydrogen-bond acceptors (Lipinski definition) is 5. The van der Waals surface area contributed by atoms with Crippen molar-refractivity contribution < 1.29 is 19.1 Å². The van der Waals surface area contributed by atoms with E-state index in [1.165, 1.54) is 0 Å². The van der Waals surface area contributed by atoms with E-state index in [4.69, 9.17) is 4.74 Å². The van der Waals surface area contributed by atoms with E-state index in [2.05, 4.69) is 10.3 Å². The molecule has 2 atom stereocenters. The molecule has 1 aromatic heterocycles. The fourth-order valence-electron chi connectivity index (χ4n) is 3.89. The summed E-state index contributed by atoms with van der Waals surface area (Å²) in [5, 5.41) is 2.91. The topological polar surface area (TPSA) is 88.6 Å². The number of hydrogen-bond donors (Lipinski definition) is 1. The fourth-order valence-corrected chi connectivity index (χ4v) is 3.89. The van der Waals surface area contributed by atoms with E-state index in [9.17, 15) is 14.4 Å². The molecule has 0 fully saturated rings. The van der Waals surface area contributed by atoms with Gasteiger partial charge in [0.15, 0.2) is 0 Å². The molecule has 162 valence electrons. The summed E-state index contributed by atoms with van der Waals surface area (Å²) < 4.78 is 5.42. The Kier molecular flexibility index (Phi) is 5.98. The van der Waals surface area contributed by atoms with Gasteiger partial charge >= 0.3 is 0 Å². The van der Waals surface area contributed by atoms with Crippen LogP contribution < -0.4 is 10.1 Å². The Labute approximate surface area is 186 Å². The van der Waals surface area contributed by atoms with Crippen molar-refractivity contribution in [2.24, 2.45) is 0 Å². The summed E-state index contributed by atoms with van der Waals surface area (Å²) in [5.74, 6) is -0.819. The molecule has 1 aliphatic heterocycles. The van der Waals surface area contributed by atoms with Crippen LogP contribution in [0.1, 0.15) is 44.9 Å². The van der Waals surface area contributed by atoms with Gasteiger partial charge in [0, 0.05) is 12.6 Å². The first-order valence-electron chi connectivity index (χ1n) is 10.3. The smallest absolute Gasteiger partial charge is 0.262 e. The van der Waals surface area contributed by atoms with E-state index in [0.717, 1.165) is 10.5 Å². The Hall–Kier alpha value is -4.00. The average molecular weight is 429 g/mol. The fraction of sp³-hybridized carbons (Fsp3) is 0.200. The SMILES string of the molecule is COc1ccccc1C[C@@H](C(=O)NC(C)c1ccccn1)N1C(=O)c2ccccc2C1=O. The molecule has 3 amide bonds. The first kappa shape index (κ1) is 21.2. The Morgan fingerprint density at radius 3 is 2.22 bits per heavy atom. The van der Waals surface area contributed by atoms with Gasteiger partial charge in [-0.1, -0.05) is 36.4 Å². The molecule has 3 aromatic rings. The van der Waals surface area contributed by atoms with Crippen molar-refractivity contribution in [3.8, 4) is 5.75 Å². The van der Waals surface area contributed by atoms with Crippen molar-refractivity contribution in [2.45, 2.75) is 25.4 Å². The predicted molar refractivity (Wildman–Crippen MR) is 118 cm³/mol. The molecule has 1 aliphatic rings. The van der Waals surface area contributed by atoms with Crippen LogP contribution in [0.2, 0.25) is 0 Å². The number of nitrogens with zero attached hydrogens (tertiary/aromatic N) is 2. The summed E-state index contributed by atoms with van der Waals surface area (Å²) >= 11 is 0.